The Morgan fingerprint density at radius 1 is 1.17 bits per heavy atom. The number of pyridine rings is 2. The van der Waals surface area contributed by atoms with Gasteiger partial charge in [0.2, 0.25) is 0 Å². The number of piperidine rings is 1. The second kappa shape index (κ2) is 9.67. The monoisotopic (exact) mass is 490 g/mol. The molecule has 0 radical (unpaired) electrons. The number of nitrogens with zero attached hydrogens (tertiary/aromatic N) is 4. The summed E-state index contributed by atoms with van der Waals surface area (Å²) in [5.74, 6) is -0.0298. The first-order chi connectivity index (χ1) is 17.3. The third-order valence-electron chi connectivity index (χ3n) is 6.78. The Labute approximate surface area is 207 Å². The van der Waals surface area contributed by atoms with Crippen molar-refractivity contribution in [3.8, 4) is 0 Å². The molecule has 36 heavy (non-hydrogen) atoms. The summed E-state index contributed by atoms with van der Waals surface area (Å²) in [7, 11) is 0. The number of rotatable bonds is 6. The number of nitrogens with one attached hydrogen (secondary N) is 2. The van der Waals surface area contributed by atoms with Crippen LogP contribution in [-0.4, -0.2) is 55.4 Å². The number of carbonyl (C=O) groups is 2. The average Bonchev–Trinajstić information content (AvgIpc) is 3.72. The minimum absolute atomic E-state index is 0.0578. The van der Waals surface area contributed by atoms with Gasteiger partial charge in [-0.15, -0.1) is 0 Å². The number of hydrogen-bond acceptors (Lipinski definition) is 6. The van der Waals surface area contributed by atoms with Crippen LogP contribution in [0.3, 0.4) is 0 Å². The molecule has 0 atom stereocenters. The lowest BCUT2D eigenvalue weighted by Crippen LogP contribution is -2.46. The van der Waals surface area contributed by atoms with E-state index in [2.05, 4.69) is 15.3 Å². The predicted octanol–water partition coefficient (Wildman–Crippen LogP) is 2.05. The van der Waals surface area contributed by atoms with Gasteiger partial charge in [-0.1, -0.05) is 13.8 Å². The molecule has 1 saturated heterocycles. The molecule has 4 heterocycles. The van der Waals surface area contributed by atoms with E-state index in [1.165, 1.54) is 10.8 Å². The van der Waals surface area contributed by atoms with Crippen molar-refractivity contribution in [2.24, 2.45) is 5.92 Å². The first-order valence-corrected chi connectivity index (χ1v) is 12.5. The third kappa shape index (κ3) is 4.80. The Kier molecular flexibility index (Phi) is 6.42. The van der Waals surface area contributed by atoms with Gasteiger partial charge in [-0.2, -0.15) is 0 Å². The Morgan fingerprint density at radius 2 is 1.92 bits per heavy atom. The minimum Gasteiger partial charge on any atom is -0.349 e. The van der Waals surface area contributed by atoms with Gasteiger partial charge in [0, 0.05) is 49.7 Å². The van der Waals surface area contributed by atoms with Crippen LogP contribution in [0.1, 0.15) is 71.9 Å². The van der Waals surface area contributed by atoms with Crippen LogP contribution in [0.25, 0.3) is 11.0 Å². The van der Waals surface area contributed by atoms with Crippen LogP contribution in [-0.2, 0) is 6.54 Å². The summed E-state index contributed by atoms with van der Waals surface area (Å²) >= 11 is 0. The van der Waals surface area contributed by atoms with Crippen molar-refractivity contribution in [2.45, 2.75) is 58.0 Å². The molecule has 1 saturated carbocycles. The number of carbonyl (C=O) groups excluding carboxylic acids is 2. The summed E-state index contributed by atoms with van der Waals surface area (Å²) in [6, 6.07) is 5.10. The molecular formula is C26H30N6O4. The van der Waals surface area contributed by atoms with E-state index in [0.717, 1.165) is 18.5 Å². The van der Waals surface area contributed by atoms with Gasteiger partial charge in [-0.3, -0.25) is 28.9 Å². The number of aromatic nitrogens is 4. The fourth-order valence-electron chi connectivity index (χ4n) is 4.75. The molecule has 188 valence electrons. The topological polar surface area (TPSA) is 130 Å². The molecule has 0 aromatic carbocycles. The van der Waals surface area contributed by atoms with E-state index in [9.17, 15) is 19.2 Å². The molecule has 0 unspecified atom stereocenters. The molecule has 3 aromatic heterocycles. The highest BCUT2D eigenvalue weighted by Gasteiger charge is 2.31. The lowest BCUT2D eigenvalue weighted by molar-refractivity contribution is 0.0699. The number of fused-ring (bicyclic) bond motifs is 1. The molecule has 2 amide bonds. The van der Waals surface area contributed by atoms with E-state index in [1.54, 1.807) is 29.3 Å². The summed E-state index contributed by atoms with van der Waals surface area (Å²) in [5, 5.41) is 3.18. The fraction of sp³-hybridized carbons (Fsp3) is 0.462. The predicted molar refractivity (Wildman–Crippen MR) is 134 cm³/mol. The Morgan fingerprint density at radius 3 is 2.56 bits per heavy atom. The number of likely N-dealkylation sites (tertiary alicyclic amines) is 1. The molecule has 5 rings (SSSR count). The number of hydrogen-bond donors (Lipinski definition) is 2. The number of H-pyrrole nitrogens is 1. The van der Waals surface area contributed by atoms with Crippen molar-refractivity contribution in [3.63, 3.8) is 0 Å². The van der Waals surface area contributed by atoms with E-state index in [4.69, 9.17) is 4.98 Å². The van der Waals surface area contributed by atoms with Gasteiger partial charge in [0.15, 0.2) is 5.65 Å². The summed E-state index contributed by atoms with van der Waals surface area (Å²) < 4.78 is 1.48. The van der Waals surface area contributed by atoms with Gasteiger partial charge in [0.1, 0.15) is 0 Å². The smallest absolute Gasteiger partial charge is 0.330 e. The molecule has 1 aliphatic heterocycles. The molecule has 10 nitrogen and oxygen atoms in total. The molecule has 0 spiro atoms. The van der Waals surface area contributed by atoms with Crippen molar-refractivity contribution in [1.29, 1.82) is 0 Å². The first-order valence-electron chi connectivity index (χ1n) is 12.5. The van der Waals surface area contributed by atoms with E-state index in [1.807, 2.05) is 13.8 Å². The second-order valence-corrected chi connectivity index (χ2v) is 10.1. The Balaban J connectivity index is 1.41. The molecular weight excluding hydrogens is 460 g/mol. The van der Waals surface area contributed by atoms with Crippen molar-refractivity contribution in [2.75, 3.05) is 13.1 Å². The highest BCUT2D eigenvalue weighted by atomic mass is 16.2. The third-order valence-corrected chi connectivity index (χ3v) is 6.78. The minimum atomic E-state index is -0.591. The zero-order chi connectivity index (χ0) is 25.4. The Hall–Kier alpha value is -3.82. The van der Waals surface area contributed by atoms with Crippen LogP contribution in [0.15, 0.2) is 40.2 Å². The molecule has 0 bridgehead atoms. The van der Waals surface area contributed by atoms with Crippen LogP contribution in [0.4, 0.5) is 0 Å². The molecule has 2 fully saturated rings. The maximum absolute atomic E-state index is 13.7. The summed E-state index contributed by atoms with van der Waals surface area (Å²) in [6.45, 7) is 5.25. The zero-order valence-corrected chi connectivity index (χ0v) is 20.5. The number of amides is 2. The van der Waals surface area contributed by atoms with E-state index < -0.39 is 11.2 Å². The van der Waals surface area contributed by atoms with E-state index >= 15 is 0 Å². The number of aromatic amines is 1. The van der Waals surface area contributed by atoms with Crippen LogP contribution < -0.4 is 16.6 Å². The Bertz CT molecular complexity index is 1420. The van der Waals surface area contributed by atoms with Gasteiger partial charge < -0.3 is 10.2 Å². The quantitative estimate of drug-likeness (QED) is 0.544. The van der Waals surface area contributed by atoms with Crippen LogP contribution in [0.5, 0.6) is 0 Å². The average molecular weight is 491 g/mol. The molecule has 2 N–H and O–H groups in total. The van der Waals surface area contributed by atoms with Crippen LogP contribution in [0.2, 0.25) is 0 Å². The van der Waals surface area contributed by atoms with E-state index in [0.29, 0.717) is 43.6 Å². The van der Waals surface area contributed by atoms with Gasteiger partial charge >= 0.3 is 5.69 Å². The maximum Gasteiger partial charge on any atom is 0.330 e. The summed E-state index contributed by atoms with van der Waals surface area (Å²) in [6.07, 6.45) is 6.30. The van der Waals surface area contributed by atoms with Crippen LogP contribution in [0, 0.1) is 5.92 Å². The first kappa shape index (κ1) is 23.9. The van der Waals surface area contributed by atoms with Gasteiger partial charge in [-0.25, -0.2) is 9.78 Å². The lowest BCUT2D eigenvalue weighted by atomic mass is 10.0. The normalized spacial score (nSPS) is 16.5. The highest BCUT2D eigenvalue weighted by Crippen LogP contribution is 2.40. The maximum atomic E-state index is 13.7. The van der Waals surface area contributed by atoms with Gasteiger partial charge in [0.05, 0.1) is 16.5 Å². The van der Waals surface area contributed by atoms with E-state index in [-0.39, 0.29) is 40.7 Å². The SMILES string of the molecule is CC(C)Cn1c(=O)[nH]c(=O)c2c(C(=O)N3CCC(NC(=O)c4cccnc4)CC3)cc(C3CC3)nc21. The molecule has 10 heteroatoms. The second-order valence-electron chi connectivity index (χ2n) is 10.1. The van der Waals surface area contributed by atoms with Gasteiger partial charge in [0.25, 0.3) is 17.4 Å². The zero-order valence-electron chi connectivity index (χ0n) is 20.5. The summed E-state index contributed by atoms with van der Waals surface area (Å²) in [5.41, 5.74) is 0.727. The van der Waals surface area contributed by atoms with Gasteiger partial charge in [-0.05, 0) is 49.8 Å². The van der Waals surface area contributed by atoms with Crippen LogP contribution >= 0.6 is 0 Å². The van der Waals surface area contributed by atoms with Crippen molar-refractivity contribution >= 4 is 22.8 Å². The fourth-order valence-corrected chi connectivity index (χ4v) is 4.75. The summed E-state index contributed by atoms with van der Waals surface area (Å²) in [4.78, 5) is 64.5. The molecule has 3 aromatic rings. The lowest BCUT2D eigenvalue weighted by Gasteiger charge is -2.32. The molecule has 1 aliphatic carbocycles. The highest BCUT2D eigenvalue weighted by molar-refractivity contribution is 6.05. The molecule has 2 aliphatic rings. The van der Waals surface area contributed by atoms with Crippen molar-refractivity contribution in [3.05, 3.63) is 68.3 Å². The van der Waals surface area contributed by atoms with Crippen molar-refractivity contribution < 1.29 is 9.59 Å². The largest absolute Gasteiger partial charge is 0.349 e. The van der Waals surface area contributed by atoms with Crippen molar-refractivity contribution in [1.82, 2.24) is 29.7 Å². The standard InChI is InChI=1S/C26H30N6O4/c1-15(2)14-32-22-21(24(34)30-26(32)36)19(12-20(29-22)16-5-6-16)25(35)31-10-7-18(8-11-31)28-23(33)17-4-3-9-27-13-17/h3-4,9,12-13,15-16,18H,5-8,10-11,14H2,1-2H3,(H,28,33)(H,30,34,36).